The minimum absolute atomic E-state index is 0.0745. The Labute approximate surface area is 155 Å². The number of nitrogens with zero attached hydrogens (tertiary/aromatic N) is 2. The molecule has 0 unspecified atom stereocenters. The Bertz CT molecular complexity index is 1220. The van der Waals surface area contributed by atoms with Gasteiger partial charge in [-0.2, -0.15) is 5.10 Å². The Hall–Kier alpha value is -3.41. The third-order valence-corrected chi connectivity index (χ3v) is 4.78. The molecule has 6 heteroatoms. The first-order valence-corrected chi connectivity index (χ1v) is 8.85. The van der Waals surface area contributed by atoms with E-state index >= 15 is 0 Å². The quantitative estimate of drug-likeness (QED) is 0.587. The lowest BCUT2D eigenvalue weighted by atomic mass is 10.1. The number of H-pyrrole nitrogens is 1. The first-order valence-electron chi connectivity index (χ1n) is 8.85. The summed E-state index contributed by atoms with van der Waals surface area (Å²) < 4.78 is 1.57. The van der Waals surface area contributed by atoms with Gasteiger partial charge in [0.2, 0.25) is 5.43 Å². The maximum atomic E-state index is 12.7. The van der Waals surface area contributed by atoms with E-state index in [2.05, 4.69) is 15.4 Å². The third-order valence-electron chi connectivity index (χ3n) is 4.78. The van der Waals surface area contributed by atoms with E-state index in [-0.39, 0.29) is 11.1 Å². The molecule has 27 heavy (non-hydrogen) atoms. The number of nitrogens with one attached hydrogen (secondary N) is 2. The van der Waals surface area contributed by atoms with Crippen LogP contribution in [0.1, 0.15) is 21.6 Å². The molecular formula is C21H20N4O2. The lowest BCUT2D eigenvalue weighted by Crippen LogP contribution is -2.33. The number of carbonyl (C=O) groups excluding carboxylic acids is 1. The van der Waals surface area contributed by atoms with Gasteiger partial charge in [0.1, 0.15) is 0 Å². The molecule has 2 aromatic carbocycles. The second kappa shape index (κ2) is 6.72. The highest BCUT2D eigenvalue weighted by molar-refractivity contribution is 5.95. The normalized spacial score (nSPS) is 11.2. The summed E-state index contributed by atoms with van der Waals surface area (Å²) in [7, 11) is 1.74. The Balaban J connectivity index is 1.55. The Morgan fingerprint density at radius 2 is 2.00 bits per heavy atom. The summed E-state index contributed by atoms with van der Waals surface area (Å²) in [5.74, 6) is -0.446. The summed E-state index contributed by atoms with van der Waals surface area (Å²) in [6.45, 7) is 2.34. The fourth-order valence-electron chi connectivity index (χ4n) is 3.37. The van der Waals surface area contributed by atoms with Crippen LogP contribution in [0.25, 0.3) is 21.8 Å². The van der Waals surface area contributed by atoms with Crippen LogP contribution in [0.2, 0.25) is 0 Å². The first-order chi connectivity index (χ1) is 13.0. The Morgan fingerprint density at radius 1 is 1.19 bits per heavy atom. The molecule has 0 aliphatic rings. The highest BCUT2D eigenvalue weighted by Gasteiger charge is 2.16. The topological polar surface area (TPSA) is 79.8 Å². The fourth-order valence-corrected chi connectivity index (χ4v) is 3.37. The maximum Gasteiger partial charge on any atom is 0.275 e. The summed E-state index contributed by atoms with van der Waals surface area (Å²) in [6.07, 6.45) is 2.62. The van der Waals surface area contributed by atoms with E-state index in [9.17, 15) is 9.59 Å². The number of aromatic nitrogens is 3. The minimum atomic E-state index is -0.446. The second-order valence-corrected chi connectivity index (χ2v) is 6.69. The van der Waals surface area contributed by atoms with Crippen LogP contribution in [0.5, 0.6) is 0 Å². The van der Waals surface area contributed by atoms with Gasteiger partial charge in [-0.1, -0.05) is 29.8 Å². The smallest absolute Gasteiger partial charge is 0.275 e. The molecule has 0 aliphatic carbocycles. The van der Waals surface area contributed by atoms with E-state index in [4.69, 9.17) is 0 Å². The lowest BCUT2D eigenvalue weighted by molar-refractivity contribution is 0.0946. The van der Waals surface area contributed by atoms with Gasteiger partial charge in [0, 0.05) is 30.7 Å². The van der Waals surface area contributed by atoms with E-state index in [1.54, 1.807) is 17.8 Å². The van der Waals surface area contributed by atoms with Gasteiger partial charge in [0.05, 0.1) is 10.9 Å². The zero-order valence-corrected chi connectivity index (χ0v) is 15.2. The number of carbonyl (C=O) groups is 1. The molecule has 0 bridgehead atoms. The minimum Gasteiger partial charge on any atom is -0.361 e. The molecule has 0 aliphatic heterocycles. The van der Waals surface area contributed by atoms with Crippen molar-refractivity contribution in [3.8, 4) is 0 Å². The number of rotatable bonds is 4. The van der Waals surface area contributed by atoms with Gasteiger partial charge in [0.25, 0.3) is 5.91 Å². The van der Waals surface area contributed by atoms with E-state index in [0.29, 0.717) is 23.9 Å². The van der Waals surface area contributed by atoms with Crippen molar-refractivity contribution >= 4 is 27.7 Å². The van der Waals surface area contributed by atoms with Gasteiger partial charge in [-0.3, -0.25) is 14.3 Å². The molecule has 0 saturated heterocycles. The van der Waals surface area contributed by atoms with Crippen LogP contribution in [-0.2, 0) is 13.5 Å². The average Bonchev–Trinajstić information content (AvgIpc) is 3.07. The molecule has 4 rings (SSSR count). The van der Waals surface area contributed by atoms with Crippen molar-refractivity contribution in [2.45, 2.75) is 13.3 Å². The van der Waals surface area contributed by atoms with Crippen molar-refractivity contribution in [2.75, 3.05) is 6.54 Å². The van der Waals surface area contributed by atoms with Crippen LogP contribution >= 0.6 is 0 Å². The molecule has 1 amide bonds. The third kappa shape index (κ3) is 3.10. The fraction of sp³-hybridized carbons (Fsp3) is 0.190. The molecule has 0 saturated carbocycles. The van der Waals surface area contributed by atoms with E-state index in [0.717, 1.165) is 22.0 Å². The van der Waals surface area contributed by atoms with Gasteiger partial charge in [-0.15, -0.1) is 0 Å². The monoisotopic (exact) mass is 360 g/mol. The molecule has 2 N–H and O–H groups in total. The number of aryl methyl sites for hydroxylation is 2. The van der Waals surface area contributed by atoms with Crippen LogP contribution in [-0.4, -0.2) is 27.2 Å². The molecule has 2 aromatic heterocycles. The van der Waals surface area contributed by atoms with Crippen molar-refractivity contribution in [2.24, 2.45) is 7.05 Å². The van der Waals surface area contributed by atoms with Gasteiger partial charge in [-0.25, -0.2) is 0 Å². The maximum absolute atomic E-state index is 12.7. The zero-order chi connectivity index (χ0) is 19.0. The zero-order valence-electron chi connectivity index (χ0n) is 15.2. The van der Waals surface area contributed by atoms with Crippen molar-refractivity contribution < 1.29 is 4.79 Å². The second-order valence-electron chi connectivity index (χ2n) is 6.69. The largest absolute Gasteiger partial charge is 0.361 e. The highest BCUT2D eigenvalue weighted by Crippen LogP contribution is 2.17. The summed E-state index contributed by atoms with van der Waals surface area (Å²) in [4.78, 5) is 28.5. The molecule has 0 atom stereocenters. The highest BCUT2D eigenvalue weighted by atomic mass is 16.2. The SMILES string of the molecule is Cc1ccc2c(c1)c(=O)c(C(=O)NCCc1c[nH]c3ccccc13)nn2C. The van der Waals surface area contributed by atoms with Crippen LogP contribution in [0.15, 0.2) is 53.5 Å². The van der Waals surface area contributed by atoms with Crippen LogP contribution in [0.4, 0.5) is 0 Å². The lowest BCUT2D eigenvalue weighted by Gasteiger charge is -2.09. The number of aromatic amines is 1. The van der Waals surface area contributed by atoms with E-state index in [1.807, 2.05) is 49.5 Å². The summed E-state index contributed by atoms with van der Waals surface area (Å²) in [5, 5.41) is 8.65. The first kappa shape index (κ1) is 17.0. The molecule has 136 valence electrons. The van der Waals surface area contributed by atoms with Crippen molar-refractivity contribution in [1.29, 1.82) is 0 Å². The molecule has 4 aromatic rings. The van der Waals surface area contributed by atoms with Crippen LogP contribution in [0, 0.1) is 6.92 Å². The predicted molar refractivity (Wildman–Crippen MR) is 106 cm³/mol. The van der Waals surface area contributed by atoms with Crippen molar-refractivity contribution in [3.05, 3.63) is 75.7 Å². The van der Waals surface area contributed by atoms with Gasteiger partial charge >= 0.3 is 0 Å². The number of amides is 1. The molecule has 0 radical (unpaired) electrons. The van der Waals surface area contributed by atoms with Gasteiger partial charge < -0.3 is 10.3 Å². The Kier molecular flexibility index (Phi) is 4.24. The average molecular weight is 360 g/mol. The number of fused-ring (bicyclic) bond motifs is 2. The Morgan fingerprint density at radius 3 is 2.85 bits per heavy atom. The number of hydrogen-bond acceptors (Lipinski definition) is 3. The molecule has 0 fully saturated rings. The van der Waals surface area contributed by atoms with Gasteiger partial charge in [-0.05, 0) is 37.1 Å². The number of para-hydroxylation sites is 1. The van der Waals surface area contributed by atoms with Crippen LogP contribution < -0.4 is 10.7 Å². The van der Waals surface area contributed by atoms with Gasteiger partial charge in [0.15, 0.2) is 5.69 Å². The number of benzene rings is 2. The molecule has 6 nitrogen and oxygen atoms in total. The molecule has 0 spiro atoms. The van der Waals surface area contributed by atoms with Crippen LogP contribution in [0.3, 0.4) is 0 Å². The molecule has 2 heterocycles. The summed E-state index contributed by atoms with van der Waals surface area (Å²) >= 11 is 0. The van der Waals surface area contributed by atoms with Crippen molar-refractivity contribution in [3.63, 3.8) is 0 Å². The standard InChI is InChI=1S/C21H20N4O2/c1-13-7-8-18-16(11-13)20(26)19(24-25(18)2)21(27)22-10-9-14-12-23-17-6-4-3-5-15(14)17/h3-8,11-12,23H,9-10H2,1-2H3,(H,22,27). The molecular weight excluding hydrogens is 340 g/mol. The van der Waals surface area contributed by atoms with E-state index < -0.39 is 5.91 Å². The summed E-state index contributed by atoms with van der Waals surface area (Å²) in [6, 6.07) is 13.6. The summed E-state index contributed by atoms with van der Waals surface area (Å²) in [5.41, 5.74) is 3.46. The van der Waals surface area contributed by atoms with E-state index in [1.165, 1.54) is 0 Å². The number of hydrogen-bond donors (Lipinski definition) is 2. The predicted octanol–water partition coefficient (Wildman–Crippen LogP) is 2.70. The van der Waals surface area contributed by atoms with Crippen molar-refractivity contribution in [1.82, 2.24) is 20.1 Å².